The van der Waals surface area contributed by atoms with Gasteiger partial charge in [-0.25, -0.2) is 13.1 Å². The van der Waals surface area contributed by atoms with Crippen molar-refractivity contribution in [3.63, 3.8) is 0 Å². The maximum atomic E-state index is 12.3. The second kappa shape index (κ2) is 7.68. The Labute approximate surface area is 148 Å². The van der Waals surface area contributed by atoms with Crippen LogP contribution in [0.4, 0.5) is 5.69 Å². The summed E-state index contributed by atoms with van der Waals surface area (Å²) < 4.78 is 27.7. The van der Waals surface area contributed by atoms with E-state index >= 15 is 0 Å². The molecule has 1 aliphatic heterocycles. The van der Waals surface area contributed by atoms with Gasteiger partial charge in [0.25, 0.3) is 0 Å². The zero-order chi connectivity index (χ0) is 17.0. The van der Waals surface area contributed by atoms with Crippen molar-refractivity contribution in [2.45, 2.75) is 36.8 Å². The summed E-state index contributed by atoms with van der Waals surface area (Å²) in [6, 6.07) is 12.1. The van der Waals surface area contributed by atoms with Gasteiger partial charge in [0, 0.05) is 30.2 Å². The lowest BCUT2D eigenvalue weighted by Crippen LogP contribution is -2.25. The molecular weight excluding hydrogens is 340 g/mol. The minimum Gasteiger partial charge on any atom is -0.372 e. The molecule has 0 atom stereocenters. The lowest BCUT2D eigenvalue weighted by atomic mass is 10.1. The molecule has 2 aromatic rings. The molecule has 3 rings (SSSR count). The van der Waals surface area contributed by atoms with E-state index in [-0.39, 0.29) is 0 Å². The Morgan fingerprint density at radius 3 is 2.42 bits per heavy atom. The van der Waals surface area contributed by atoms with Gasteiger partial charge in [-0.1, -0.05) is 19.1 Å². The summed E-state index contributed by atoms with van der Waals surface area (Å²) in [4.78, 5) is 3.49. The van der Waals surface area contributed by atoms with Crippen molar-refractivity contribution in [2.24, 2.45) is 0 Å². The highest BCUT2D eigenvalue weighted by Crippen LogP contribution is 2.22. The van der Waals surface area contributed by atoms with Crippen molar-refractivity contribution < 1.29 is 8.42 Å². The van der Waals surface area contributed by atoms with Gasteiger partial charge in [-0.3, -0.25) is 0 Å². The highest BCUT2D eigenvalue weighted by Gasteiger charge is 2.16. The predicted octanol–water partition coefficient (Wildman–Crippen LogP) is 3.43. The molecule has 0 radical (unpaired) electrons. The van der Waals surface area contributed by atoms with Gasteiger partial charge in [0.2, 0.25) is 10.0 Å². The number of nitrogens with zero attached hydrogens (tertiary/aromatic N) is 1. The SMILES string of the molecule is CCc1ccc(S(=O)(=O)NCCc2ccc(N3CCCC3)cc2)s1. The number of aryl methyl sites for hydroxylation is 1. The van der Waals surface area contributed by atoms with E-state index in [2.05, 4.69) is 33.9 Å². The van der Waals surface area contributed by atoms with E-state index in [1.807, 2.05) is 13.0 Å². The molecule has 1 aromatic carbocycles. The Kier molecular flexibility index (Phi) is 5.58. The first-order valence-electron chi connectivity index (χ1n) is 8.51. The molecule has 0 amide bonds. The molecule has 1 aliphatic rings. The molecule has 1 aromatic heterocycles. The molecule has 0 saturated carbocycles. The van der Waals surface area contributed by atoms with Gasteiger partial charge in [0.1, 0.15) is 4.21 Å². The number of sulfonamides is 1. The number of benzene rings is 1. The lowest BCUT2D eigenvalue weighted by molar-refractivity contribution is 0.584. The van der Waals surface area contributed by atoms with E-state index < -0.39 is 10.0 Å². The third-order valence-corrected chi connectivity index (χ3v) is 7.55. The minimum absolute atomic E-state index is 0.406. The molecule has 2 heterocycles. The fourth-order valence-electron chi connectivity index (χ4n) is 2.94. The number of rotatable bonds is 7. The van der Waals surface area contributed by atoms with Crippen LogP contribution in [0.3, 0.4) is 0 Å². The van der Waals surface area contributed by atoms with Crippen LogP contribution in [0.5, 0.6) is 0 Å². The van der Waals surface area contributed by atoms with Crippen molar-refractivity contribution in [3.05, 3.63) is 46.8 Å². The fourth-order valence-corrected chi connectivity index (χ4v) is 5.31. The minimum atomic E-state index is -3.38. The zero-order valence-corrected chi connectivity index (χ0v) is 15.6. The van der Waals surface area contributed by atoms with Crippen LogP contribution in [0, 0.1) is 0 Å². The predicted molar refractivity (Wildman–Crippen MR) is 100 cm³/mol. The smallest absolute Gasteiger partial charge is 0.250 e. The number of hydrogen-bond acceptors (Lipinski definition) is 4. The third kappa shape index (κ3) is 4.18. The van der Waals surface area contributed by atoms with Gasteiger partial charge in [-0.05, 0) is 55.5 Å². The van der Waals surface area contributed by atoms with E-state index in [4.69, 9.17) is 0 Å². The molecule has 1 N–H and O–H groups in total. The Hall–Kier alpha value is -1.37. The van der Waals surface area contributed by atoms with Gasteiger partial charge in [0.15, 0.2) is 0 Å². The lowest BCUT2D eigenvalue weighted by Gasteiger charge is -2.17. The summed E-state index contributed by atoms with van der Waals surface area (Å²) in [6.45, 7) is 4.73. The molecule has 1 fully saturated rings. The van der Waals surface area contributed by atoms with E-state index in [9.17, 15) is 8.42 Å². The standard InChI is InChI=1S/C18H24N2O2S2/c1-2-17-9-10-18(23-17)24(21,22)19-12-11-15-5-7-16(8-6-15)20-13-3-4-14-20/h5-10,19H,2-4,11-14H2,1H3. The van der Waals surface area contributed by atoms with Crippen LogP contribution in [-0.2, 0) is 22.9 Å². The van der Waals surface area contributed by atoms with Gasteiger partial charge < -0.3 is 4.90 Å². The molecule has 0 unspecified atom stereocenters. The summed E-state index contributed by atoms with van der Waals surface area (Å²) in [5, 5.41) is 0. The third-order valence-electron chi connectivity index (χ3n) is 4.36. The summed E-state index contributed by atoms with van der Waals surface area (Å²) in [5.74, 6) is 0. The Balaban J connectivity index is 1.53. The molecule has 0 bridgehead atoms. The Morgan fingerprint density at radius 2 is 1.79 bits per heavy atom. The maximum Gasteiger partial charge on any atom is 0.250 e. The second-order valence-corrected chi connectivity index (χ2v) is 9.24. The van der Waals surface area contributed by atoms with Crippen LogP contribution < -0.4 is 9.62 Å². The van der Waals surface area contributed by atoms with Gasteiger partial charge in [-0.15, -0.1) is 11.3 Å². The Bertz CT molecular complexity index is 761. The van der Waals surface area contributed by atoms with Gasteiger partial charge >= 0.3 is 0 Å². The van der Waals surface area contributed by atoms with Crippen molar-refractivity contribution >= 4 is 27.0 Å². The van der Waals surface area contributed by atoms with E-state index in [1.165, 1.54) is 29.9 Å². The van der Waals surface area contributed by atoms with Crippen molar-refractivity contribution in [1.29, 1.82) is 0 Å². The van der Waals surface area contributed by atoms with Crippen LogP contribution in [0.1, 0.15) is 30.2 Å². The van der Waals surface area contributed by atoms with Crippen LogP contribution in [0.2, 0.25) is 0 Å². The van der Waals surface area contributed by atoms with E-state index in [1.54, 1.807) is 6.07 Å². The van der Waals surface area contributed by atoms with Crippen molar-refractivity contribution in [2.75, 3.05) is 24.5 Å². The molecule has 24 heavy (non-hydrogen) atoms. The number of nitrogens with one attached hydrogen (secondary N) is 1. The number of hydrogen-bond donors (Lipinski definition) is 1. The highest BCUT2D eigenvalue weighted by molar-refractivity contribution is 7.91. The summed E-state index contributed by atoms with van der Waals surface area (Å²) >= 11 is 1.35. The van der Waals surface area contributed by atoms with Crippen LogP contribution >= 0.6 is 11.3 Å². The summed E-state index contributed by atoms with van der Waals surface area (Å²) in [5.41, 5.74) is 2.42. The molecule has 6 heteroatoms. The first-order valence-corrected chi connectivity index (χ1v) is 10.8. The quantitative estimate of drug-likeness (QED) is 0.819. The number of anilines is 1. The normalized spacial score (nSPS) is 15.1. The average molecular weight is 365 g/mol. The highest BCUT2D eigenvalue weighted by atomic mass is 32.2. The second-order valence-electron chi connectivity index (χ2n) is 6.08. The first kappa shape index (κ1) is 17.5. The maximum absolute atomic E-state index is 12.3. The summed E-state index contributed by atoms with van der Waals surface area (Å²) in [7, 11) is -3.38. The average Bonchev–Trinajstić information content (AvgIpc) is 3.27. The molecular formula is C18H24N2O2S2. The summed E-state index contributed by atoms with van der Waals surface area (Å²) in [6.07, 6.45) is 4.10. The van der Waals surface area contributed by atoms with Crippen LogP contribution in [0.25, 0.3) is 0 Å². The molecule has 130 valence electrons. The van der Waals surface area contributed by atoms with Crippen LogP contribution in [0.15, 0.2) is 40.6 Å². The van der Waals surface area contributed by atoms with Crippen molar-refractivity contribution in [3.8, 4) is 0 Å². The molecule has 0 spiro atoms. The molecule has 4 nitrogen and oxygen atoms in total. The van der Waals surface area contributed by atoms with E-state index in [0.29, 0.717) is 17.2 Å². The van der Waals surface area contributed by atoms with Gasteiger partial charge in [0.05, 0.1) is 0 Å². The fraction of sp³-hybridized carbons (Fsp3) is 0.444. The molecule has 1 saturated heterocycles. The zero-order valence-electron chi connectivity index (χ0n) is 14.0. The number of thiophene rings is 1. The molecule has 0 aliphatic carbocycles. The van der Waals surface area contributed by atoms with E-state index in [0.717, 1.165) is 30.0 Å². The monoisotopic (exact) mass is 364 g/mol. The van der Waals surface area contributed by atoms with Gasteiger partial charge in [-0.2, -0.15) is 0 Å². The Morgan fingerprint density at radius 1 is 1.08 bits per heavy atom. The topological polar surface area (TPSA) is 49.4 Å². The van der Waals surface area contributed by atoms with Crippen molar-refractivity contribution in [1.82, 2.24) is 4.72 Å². The first-order chi connectivity index (χ1) is 11.6. The largest absolute Gasteiger partial charge is 0.372 e. The van der Waals surface area contributed by atoms with Crippen LogP contribution in [-0.4, -0.2) is 28.1 Å².